The molecule has 0 radical (unpaired) electrons. The monoisotopic (exact) mass is 329 g/mol. The average Bonchev–Trinajstić information content (AvgIpc) is 3.31. The summed E-state index contributed by atoms with van der Waals surface area (Å²) >= 11 is 0. The highest BCUT2D eigenvalue weighted by molar-refractivity contribution is 5.80. The van der Waals surface area contributed by atoms with E-state index in [-0.39, 0.29) is 24.0 Å². The lowest BCUT2D eigenvalue weighted by Gasteiger charge is -2.34. The van der Waals surface area contributed by atoms with Crippen molar-refractivity contribution in [3.05, 3.63) is 35.9 Å². The molecule has 4 rings (SSSR count). The number of benzene rings is 1. The maximum Gasteiger partial charge on any atom is 0.228 e. The molecule has 4 heteroatoms. The number of nitrogens with zero attached hydrogens (tertiary/aromatic N) is 1. The number of carbonyl (C=O) groups is 1. The van der Waals surface area contributed by atoms with E-state index in [0.29, 0.717) is 13.1 Å². The fraction of sp³-hybridized carbons (Fsp3) is 0.650. The van der Waals surface area contributed by atoms with E-state index in [9.17, 15) is 9.90 Å². The third-order valence-electron chi connectivity index (χ3n) is 5.97. The molecule has 2 saturated heterocycles. The van der Waals surface area contributed by atoms with Gasteiger partial charge >= 0.3 is 0 Å². The van der Waals surface area contributed by atoms with Gasteiger partial charge in [0, 0.05) is 13.1 Å². The molecule has 1 aliphatic carbocycles. The molecule has 24 heavy (non-hydrogen) atoms. The van der Waals surface area contributed by atoms with E-state index in [1.807, 2.05) is 23.1 Å². The van der Waals surface area contributed by atoms with E-state index >= 15 is 0 Å². The summed E-state index contributed by atoms with van der Waals surface area (Å²) in [5, 5.41) is 10.8. The van der Waals surface area contributed by atoms with Crippen molar-refractivity contribution in [3.63, 3.8) is 0 Å². The van der Waals surface area contributed by atoms with Gasteiger partial charge in [-0.15, -0.1) is 0 Å². The Hall–Kier alpha value is -1.39. The average molecular weight is 329 g/mol. The molecule has 0 unspecified atom stereocenters. The Morgan fingerprint density at radius 1 is 1.21 bits per heavy atom. The van der Waals surface area contributed by atoms with Gasteiger partial charge in [0.05, 0.1) is 23.7 Å². The van der Waals surface area contributed by atoms with Crippen molar-refractivity contribution < 1.29 is 14.6 Å². The molecule has 4 nitrogen and oxygen atoms in total. The van der Waals surface area contributed by atoms with E-state index in [1.165, 1.54) is 0 Å². The molecule has 2 heterocycles. The van der Waals surface area contributed by atoms with Gasteiger partial charge in [-0.1, -0.05) is 43.2 Å². The quantitative estimate of drug-likeness (QED) is 0.904. The maximum absolute atomic E-state index is 13.2. The maximum atomic E-state index is 13.2. The van der Waals surface area contributed by atoms with Gasteiger partial charge in [-0.2, -0.15) is 0 Å². The number of hydrogen-bond acceptors (Lipinski definition) is 3. The predicted octanol–water partition coefficient (Wildman–Crippen LogP) is 2.89. The van der Waals surface area contributed by atoms with Crippen molar-refractivity contribution in [1.29, 1.82) is 0 Å². The summed E-state index contributed by atoms with van der Waals surface area (Å²) in [5.74, 6) is 0.156. The van der Waals surface area contributed by atoms with Crippen molar-refractivity contribution in [2.45, 2.75) is 69.3 Å². The first kappa shape index (κ1) is 16.1. The Balaban J connectivity index is 1.51. The molecule has 1 aromatic rings. The number of aliphatic hydroxyl groups is 1. The number of hydrogen-bond donors (Lipinski definition) is 1. The smallest absolute Gasteiger partial charge is 0.228 e. The van der Waals surface area contributed by atoms with E-state index in [0.717, 1.165) is 50.5 Å². The largest absolute Gasteiger partial charge is 0.388 e. The second-order valence-electron chi connectivity index (χ2n) is 7.83. The highest BCUT2D eigenvalue weighted by Gasteiger charge is 2.46. The van der Waals surface area contributed by atoms with Crippen LogP contribution in [0.15, 0.2) is 30.3 Å². The number of rotatable bonds is 5. The van der Waals surface area contributed by atoms with Crippen LogP contribution in [-0.2, 0) is 16.1 Å². The highest BCUT2D eigenvalue weighted by Crippen LogP contribution is 2.40. The Morgan fingerprint density at radius 3 is 2.58 bits per heavy atom. The van der Waals surface area contributed by atoms with Gasteiger partial charge in [-0.05, 0) is 37.7 Å². The minimum absolute atomic E-state index is 0.0162. The minimum Gasteiger partial charge on any atom is -0.388 e. The van der Waals surface area contributed by atoms with Crippen LogP contribution in [0.5, 0.6) is 0 Å². The second-order valence-corrected chi connectivity index (χ2v) is 7.83. The van der Waals surface area contributed by atoms with Crippen LogP contribution in [0.4, 0.5) is 0 Å². The van der Waals surface area contributed by atoms with Crippen LogP contribution in [0.2, 0.25) is 0 Å². The van der Waals surface area contributed by atoms with Crippen LogP contribution < -0.4 is 0 Å². The number of fused-ring (bicyclic) bond motifs is 2. The topological polar surface area (TPSA) is 49.8 Å². The first-order chi connectivity index (χ1) is 11.6. The van der Waals surface area contributed by atoms with E-state index in [2.05, 4.69) is 12.1 Å². The summed E-state index contributed by atoms with van der Waals surface area (Å²) in [6.45, 7) is 1.03. The SMILES string of the molecule is O=C([C@@H]1C[C@H]2CC[C@H]1O2)N(Cc1ccccc1)CC1(O)CCCC1. The summed E-state index contributed by atoms with van der Waals surface area (Å²) in [5.41, 5.74) is 0.416. The molecule has 1 amide bonds. The third-order valence-corrected chi connectivity index (χ3v) is 5.97. The lowest BCUT2D eigenvalue weighted by Crippen LogP contribution is -2.47. The summed E-state index contributed by atoms with van der Waals surface area (Å²) in [4.78, 5) is 15.1. The predicted molar refractivity (Wildman–Crippen MR) is 91.3 cm³/mol. The molecule has 3 aliphatic rings. The first-order valence-corrected chi connectivity index (χ1v) is 9.34. The van der Waals surface area contributed by atoms with Crippen LogP contribution in [0, 0.1) is 5.92 Å². The minimum atomic E-state index is -0.705. The lowest BCUT2D eigenvalue weighted by atomic mass is 9.87. The van der Waals surface area contributed by atoms with Crippen molar-refractivity contribution in [2.75, 3.05) is 6.54 Å². The molecule has 0 spiro atoms. The molecule has 2 aliphatic heterocycles. The number of amides is 1. The number of ether oxygens (including phenoxy) is 1. The van der Waals surface area contributed by atoms with Crippen molar-refractivity contribution >= 4 is 5.91 Å². The van der Waals surface area contributed by atoms with Gasteiger partial charge < -0.3 is 14.7 Å². The summed E-state index contributed by atoms with van der Waals surface area (Å²) < 4.78 is 5.89. The molecule has 0 aromatic heterocycles. The van der Waals surface area contributed by atoms with Crippen molar-refractivity contribution in [1.82, 2.24) is 4.90 Å². The van der Waals surface area contributed by atoms with Gasteiger partial charge in [0.25, 0.3) is 0 Å². The van der Waals surface area contributed by atoms with Crippen LogP contribution in [0.3, 0.4) is 0 Å². The zero-order valence-electron chi connectivity index (χ0n) is 14.2. The van der Waals surface area contributed by atoms with Crippen LogP contribution >= 0.6 is 0 Å². The van der Waals surface area contributed by atoms with Gasteiger partial charge in [-0.25, -0.2) is 0 Å². The summed E-state index contributed by atoms with van der Waals surface area (Å²) in [6, 6.07) is 10.1. The summed E-state index contributed by atoms with van der Waals surface area (Å²) in [6.07, 6.45) is 7.05. The molecule has 1 aromatic carbocycles. The third kappa shape index (κ3) is 3.22. The fourth-order valence-electron chi connectivity index (χ4n) is 4.69. The Kier molecular flexibility index (Phi) is 4.35. The number of carbonyl (C=O) groups excluding carboxylic acids is 1. The molecule has 130 valence electrons. The first-order valence-electron chi connectivity index (χ1n) is 9.34. The molecule has 2 bridgehead atoms. The molecule has 1 N–H and O–H groups in total. The van der Waals surface area contributed by atoms with Crippen LogP contribution in [0.1, 0.15) is 50.5 Å². The van der Waals surface area contributed by atoms with Gasteiger partial charge in [0.1, 0.15) is 0 Å². The zero-order valence-corrected chi connectivity index (χ0v) is 14.2. The second kappa shape index (κ2) is 6.49. The lowest BCUT2D eigenvalue weighted by molar-refractivity contribution is -0.141. The van der Waals surface area contributed by atoms with Crippen molar-refractivity contribution in [2.24, 2.45) is 5.92 Å². The van der Waals surface area contributed by atoms with Gasteiger partial charge in [-0.3, -0.25) is 4.79 Å². The Bertz CT molecular complexity index is 582. The van der Waals surface area contributed by atoms with Crippen molar-refractivity contribution in [3.8, 4) is 0 Å². The zero-order chi connectivity index (χ0) is 16.6. The van der Waals surface area contributed by atoms with Crippen LogP contribution in [0.25, 0.3) is 0 Å². The Labute approximate surface area is 143 Å². The molecule has 3 atom stereocenters. The van der Waals surface area contributed by atoms with Gasteiger partial charge in [0.2, 0.25) is 5.91 Å². The standard InChI is InChI=1S/C20H27NO3/c22-19(17-12-16-8-9-18(17)24-16)21(13-15-6-2-1-3-7-15)14-20(23)10-4-5-11-20/h1-3,6-7,16-18,23H,4-5,8-14H2/t16-,17-,18-/m1/s1. The molecule has 3 fully saturated rings. The fourth-order valence-corrected chi connectivity index (χ4v) is 4.69. The van der Waals surface area contributed by atoms with E-state index in [1.54, 1.807) is 0 Å². The molecular weight excluding hydrogens is 302 g/mol. The van der Waals surface area contributed by atoms with E-state index in [4.69, 9.17) is 4.74 Å². The molecule has 1 saturated carbocycles. The van der Waals surface area contributed by atoms with E-state index < -0.39 is 5.60 Å². The van der Waals surface area contributed by atoms with Crippen LogP contribution in [-0.4, -0.2) is 40.3 Å². The highest BCUT2D eigenvalue weighted by atomic mass is 16.5. The normalized spacial score (nSPS) is 30.6. The van der Waals surface area contributed by atoms with Gasteiger partial charge in [0.15, 0.2) is 0 Å². The Morgan fingerprint density at radius 2 is 1.96 bits per heavy atom. The summed E-state index contributed by atoms with van der Waals surface area (Å²) in [7, 11) is 0. The molecular formula is C20H27NO3.